The molecule has 1 aromatic heterocycles. The van der Waals surface area contributed by atoms with Gasteiger partial charge in [-0.3, -0.25) is 4.79 Å². The van der Waals surface area contributed by atoms with E-state index in [0.29, 0.717) is 0 Å². The number of carbonyl (C=O) groups is 1. The molecule has 0 aliphatic carbocycles. The largest absolute Gasteiger partial charge is 0.364 e. The van der Waals surface area contributed by atoms with E-state index in [9.17, 15) is 4.79 Å². The Hall–Kier alpha value is -1.25. The minimum Gasteiger partial charge on any atom is -0.364 e. The molecule has 1 aliphatic rings. The summed E-state index contributed by atoms with van der Waals surface area (Å²) in [5, 5.41) is 2.90. The van der Waals surface area contributed by atoms with Gasteiger partial charge in [0, 0.05) is 17.9 Å². The lowest BCUT2D eigenvalue weighted by molar-refractivity contribution is 0.0929. The highest BCUT2D eigenvalue weighted by Gasteiger charge is 2.23. The summed E-state index contributed by atoms with van der Waals surface area (Å²) in [5.41, 5.74) is 2.95. The van der Waals surface area contributed by atoms with Gasteiger partial charge in [-0.25, -0.2) is 0 Å². The van der Waals surface area contributed by atoms with Crippen molar-refractivity contribution in [3.8, 4) is 0 Å². The van der Waals surface area contributed by atoms with E-state index in [4.69, 9.17) is 0 Å². The summed E-state index contributed by atoms with van der Waals surface area (Å²) >= 11 is 0. The Bertz CT molecular complexity index is 327. The third-order valence-electron chi connectivity index (χ3n) is 2.29. The first-order chi connectivity index (χ1) is 5.68. The molecular weight excluding hydrogens is 152 g/mol. The number of aromatic nitrogens is 1. The fraction of sp³-hybridized carbons (Fsp3) is 0.444. The Morgan fingerprint density at radius 3 is 3.08 bits per heavy atom. The van der Waals surface area contributed by atoms with Gasteiger partial charge in [-0.15, -0.1) is 0 Å². The molecule has 0 saturated carbocycles. The third-order valence-corrected chi connectivity index (χ3v) is 2.29. The number of amides is 1. The summed E-state index contributed by atoms with van der Waals surface area (Å²) in [6.45, 7) is 3.94. The molecular formula is C9H12N2O. The van der Waals surface area contributed by atoms with Crippen molar-refractivity contribution in [2.24, 2.45) is 0 Å². The summed E-state index contributed by atoms with van der Waals surface area (Å²) in [6.07, 6.45) is 2.87. The molecule has 2 heterocycles. The molecule has 3 nitrogen and oxygen atoms in total. The molecule has 1 atom stereocenters. The molecule has 1 amide bonds. The Kier molecular flexibility index (Phi) is 1.46. The van der Waals surface area contributed by atoms with Crippen molar-refractivity contribution < 1.29 is 4.79 Å². The van der Waals surface area contributed by atoms with E-state index in [-0.39, 0.29) is 11.9 Å². The molecule has 12 heavy (non-hydrogen) atoms. The average molecular weight is 164 g/mol. The van der Waals surface area contributed by atoms with E-state index in [2.05, 4.69) is 10.3 Å². The van der Waals surface area contributed by atoms with Crippen LogP contribution in [0.5, 0.6) is 0 Å². The number of hydrogen-bond donors (Lipinski definition) is 2. The second-order valence-corrected chi connectivity index (χ2v) is 3.39. The molecule has 3 heteroatoms. The lowest BCUT2D eigenvalue weighted by Crippen LogP contribution is -2.38. The predicted octanol–water partition coefficient (Wildman–Crippen LogP) is 0.998. The van der Waals surface area contributed by atoms with Gasteiger partial charge in [0.25, 0.3) is 5.91 Å². The van der Waals surface area contributed by atoms with Gasteiger partial charge in [-0.2, -0.15) is 0 Å². The molecule has 1 aliphatic heterocycles. The first-order valence-electron chi connectivity index (χ1n) is 4.16. The van der Waals surface area contributed by atoms with Crippen LogP contribution in [0.4, 0.5) is 0 Å². The van der Waals surface area contributed by atoms with Gasteiger partial charge >= 0.3 is 0 Å². The van der Waals surface area contributed by atoms with Crippen LogP contribution in [-0.4, -0.2) is 16.9 Å². The van der Waals surface area contributed by atoms with Gasteiger partial charge in [0.15, 0.2) is 0 Å². The van der Waals surface area contributed by atoms with Crippen LogP contribution in [0.2, 0.25) is 0 Å². The van der Waals surface area contributed by atoms with Crippen LogP contribution in [0.15, 0.2) is 6.20 Å². The molecule has 0 bridgehead atoms. The molecule has 0 radical (unpaired) electrons. The number of rotatable bonds is 0. The van der Waals surface area contributed by atoms with Crippen LogP contribution < -0.4 is 5.32 Å². The SMILES string of the molecule is Cc1[nH]cc2c1C(=O)N[C@@H](C)C2. The van der Waals surface area contributed by atoms with E-state index < -0.39 is 0 Å². The van der Waals surface area contributed by atoms with Gasteiger partial charge in [-0.1, -0.05) is 0 Å². The molecule has 1 aromatic rings. The van der Waals surface area contributed by atoms with Crippen LogP contribution in [-0.2, 0) is 6.42 Å². The minimum absolute atomic E-state index is 0.0579. The Labute approximate surface area is 71.2 Å². The number of carbonyl (C=O) groups excluding carboxylic acids is 1. The maximum absolute atomic E-state index is 11.4. The fourth-order valence-electron chi connectivity index (χ4n) is 1.73. The average Bonchev–Trinajstić information content (AvgIpc) is 2.31. The molecule has 2 N–H and O–H groups in total. The second kappa shape index (κ2) is 2.37. The number of aromatic amines is 1. The Balaban J connectivity index is 2.50. The van der Waals surface area contributed by atoms with Crippen LogP contribution in [0.1, 0.15) is 28.5 Å². The lowest BCUT2D eigenvalue weighted by atomic mass is 9.99. The molecule has 0 unspecified atom stereocenters. The molecule has 0 fully saturated rings. The summed E-state index contributed by atoms with van der Waals surface area (Å²) in [6, 6.07) is 0.264. The summed E-state index contributed by atoms with van der Waals surface area (Å²) in [7, 11) is 0. The number of fused-ring (bicyclic) bond motifs is 1. The highest BCUT2D eigenvalue weighted by atomic mass is 16.1. The minimum atomic E-state index is 0.0579. The second-order valence-electron chi connectivity index (χ2n) is 3.39. The van der Waals surface area contributed by atoms with E-state index in [1.807, 2.05) is 20.0 Å². The van der Waals surface area contributed by atoms with Crippen molar-refractivity contribution in [1.29, 1.82) is 0 Å². The van der Waals surface area contributed by atoms with Crippen LogP contribution in [0.25, 0.3) is 0 Å². The number of hydrogen-bond acceptors (Lipinski definition) is 1. The van der Waals surface area contributed by atoms with E-state index in [0.717, 1.165) is 23.2 Å². The topological polar surface area (TPSA) is 44.9 Å². The first kappa shape index (κ1) is 7.40. The zero-order valence-corrected chi connectivity index (χ0v) is 7.27. The number of H-pyrrole nitrogens is 1. The quantitative estimate of drug-likeness (QED) is 0.590. The van der Waals surface area contributed by atoms with Gasteiger partial charge in [-0.05, 0) is 25.8 Å². The standard InChI is InChI=1S/C9H12N2O/c1-5-3-7-4-10-6(2)8(7)9(12)11-5/h4-5,10H,3H2,1-2H3,(H,11,12)/t5-/m0/s1. The highest BCUT2D eigenvalue weighted by molar-refractivity contribution is 5.98. The van der Waals surface area contributed by atoms with Crippen molar-refractivity contribution in [2.75, 3.05) is 0 Å². The fourth-order valence-corrected chi connectivity index (χ4v) is 1.73. The van der Waals surface area contributed by atoms with Gasteiger partial charge < -0.3 is 10.3 Å². The predicted molar refractivity (Wildman–Crippen MR) is 46.2 cm³/mol. The van der Waals surface area contributed by atoms with Crippen molar-refractivity contribution in [3.05, 3.63) is 23.0 Å². The van der Waals surface area contributed by atoms with Gasteiger partial charge in [0.05, 0.1) is 5.56 Å². The number of nitrogens with one attached hydrogen (secondary N) is 2. The maximum atomic E-state index is 11.4. The van der Waals surface area contributed by atoms with Crippen LogP contribution in [0.3, 0.4) is 0 Å². The van der Waals surface area contributed by atoms with Gasteiger partial charge in [0.2, 0.25) is 0 Å². The Morgan fingerprint density at radius 2 is 2.33 bits per heavy atom. The third kappa shape index (κ3) is 0.932. The summed E-state index contributed by atoms with van der Waals surface area (Å²) in [4.78, 5) is 14.5. The normalized spacial score (nSPS) is 21.8. The molecule has 0 spiro atoms. The van der Waals surface area contributed by atoms with E-state index in [1.54, 1.807) is 0 Å². The molecule has 2 rings (SSSR count). The zero-order chi connectivity index (χ0) is 8.72. The van der Waals surface area contributed by atoms with Crippen molar-refractivity contribution in [2.45, 2.75) is 26.3 Å². The van der Waals surface area contributed by atoms with Crippen molar-refractivity contribution in [3.63, 3.8) is 0 Å². The summed E-state index contributed by atoms with van der Waals surface area (Å²) < 4.78 is 0. The monoisotopic (exact) mass is 164 g/mol. The first-order valence-corrected chi connectivity index (χ1v) is 4.16. The summed E-state index contributed by atoms with van der Waals surface area (Å²) in [5.74, 6) is 0.0579. The van der Waals surface area contributed by atoms with E-state index >= 15 is 0 Å². The zero-order valence-electron chi connectivity index (χ0n) is 7.27. The lowest BCUT2D eigenvalue weighted by Gasteiger charge is -2.19. The highest BCUT2D eigenvalue weighted by Crippen LogP contribution is 2.19. The van der Waals surface area contributed by atoms with Gasteiger partial charge in [0.1, 0.15) is 0 Å². The van der Waals surface area contributed by atoms with Crippen LogP contribution >= 0.6 is 0 Å². The molecule has 64 valence electrons. The van der Waals surface area contributed by atoms with E-state index in [1.165, 1.54) is 0 Å². The van der Waals surface area contributed by atoms with Crippen LogP contribution in [0, 0.1) is 6.92 Å². The smallest absolute Gasteiger partial charge is 0.253 e. The molecule has 0 aromatic carbocycles. The van der Waals surface area contributed by atoms with Crippen molar-refractivity contribution >= 4 is 5.91 Å². The number of aryl methyl sites for hydroxylation is 1. The molecule has 0 saturated heterocycles. The van der Waals surface area contributed by atoms with Crippen molar-refractivity contribution in [1.82, 2.24) is 10.3 Å². The Morgan fingerprint density at radius 1 is 1.58 bits per heavy atom. The maximum Gasteiger partial charge on any atom is 0.253 e.